The maximum absolute atomic E-state index is 11.8. The van der Waals surface area contributed by atoms with Gasteiger partial charge in [0, 0.05) is 23.0 Å². The van der Waals surface area contributed by atoms with Crippen LogP contribution in [-0.4, -0.2) is 29.5 Å². The first kappa shape index (κ1) is 15.1. The highest BCUT2D eigenvalue weighted by atomic mass is 35.5. The van der Waals surface area contributed by atoms with Crippen LogP contribution in [0.3, 0.4) is 0 Å². The van der Waals surface area contributed by atoms with Crippen LogP contribution in [0.15, 0.2) is 18.2 Å². The van der Waals surface area contributed by atoms with Gasteiger partial charge in [0.25, 0.3) is 0 Å². The quantitative estimate of drug-likeness (QED) is 0.786. The summed E-state index contributed by atoms with van der Waals surface area (Å²) < 4.78 is 0. The molecule has 0 saturated carbocycles. The fourth-order valence-corrected chi connectivity index (χ4v) is 2.56. The SMILES string of the molecule is O=C1CC[C@@H](C(=O)NC[C@@H](O)c2cc(Cl)cc(Cl)c2)N1. The molecule has 0 unspecified atom stereocenters. The van der Waals surface area contributed by atoms with Crippen LogP contribution in [-0.2, 0) is 9.59 Å². The van der Waals surface area contributed by atoms with E-state index >= 15 is 0 Å². The second kappa shape index (κ2) is 6.43. The zero-order valence-electron chi connectivity index (χ0n) is 10.5. The lowest BCUT2D eigenvalue weighted by atomic mass is 10.1. The van der Waals surface area contributed by atoms with Crippen molar-refractivity contribution >= 4 is 35.0 Å². The molecule has 2 rings (SSSR count). The van der Waals surface area contributed by atoms with Crippen molar-refractivity contribution in [1.29, 1.82) is 0 Å². The Bertz CT molecular complexity index is 516. The van der Waals surface area contributed by atoms with Gasteiger partial charge >= 0.3 is 0 Å². The van der Waals surface area contributed by atoms with Crippen LogP contribution in [0.25, 0.3) is 0 Å². The van der Waals surface area contributed by atoms with Crippen molar-refractivity contribution in [3.05, 3.63) is 33.8 Å². The van der Waals surface area contributed by atoms with Crippen molar-refractivity contribution in [2.45, 2.75) is 25.0 Å². The van der Waals surface area contributed by atoms with Gasteiger partial charge in [-0.3, -0.25) is 9.59 Å². The first-order valence-electron chi connectivity index (χ1n) is 6.17. The third-order valence-electron chi connectivity index (χ3n) is 3.05. The molecule has 5 nitrogen and oxygen atoms in total. The molecule has 2 amide bonds. The van der Waals surface area contributed by atoms with Crippen molar-refractivity contribution in [2.75, 3.05) is 6.54 Å². The van der Waals surface area contributed by atoms with E-state index in [1.807, 2.05) is 0 Å². The van der Waals surface area contributed by atoms with E-state index < -0.39 is 12.1 Å². The highest BCUT2D eigenvalue weighted by Gasteiger charge is 2.27. The summed E-state index contributed by atoms with van der Waals surface area (Å²) in [5.74, 6) is -0.435. The zero-order chi connectivity index (χ0) is 14.7. The van der Waals surface area contributed by atoms with E-state index in [2.05, 4.69) is 10.6 Å². The summed E-state index contributed by atoms with van der Waals surface area (Å²) in [6.07, 6.45) is -0.0823. The number of aliphatic hydroxyl groups is 1. The molecule has 1 aliphatic heterocycles. The molecular weight excluding hydrogens is 303 g/mol. The number of benzene rings is 1. The number of rotatable bonds is 4. The number of hydrogen-bond acceptors (Lipinski definition) is 3. The number of carbonyl (C=O) groups excluding carboxylic acids is 2. The predicted octanol–water partition coefficient (Wildman–Crippen LogP) is 1.42. The van der Waals surface area contributed by atoms with Crippen molar-refractivity contribution in [3.63, 3.8) is 0 Å². The second-order valence-electron chi connectivity index (χ2n) is 4.62. The highest BCUT2D eigenvalue weighted by molar-refractivity contribution is 6.34. The molecular formula is C13H14Cl2N2O3. The summed E-state index contributed by atoms with van der Waals surface area (Å²) in [7, 11) is 0. The molecule has 2 atom stereocenters. The van der Waals surface area contributed by atoms with E-state index in [1.165, 1.54) is 0 Å². The average Bonchev–Trinajstić information content (AvgIpc) is 2.81. The van der Waals surface area contributed by atoms with Gasteiger partial charge in [-0.05, 0) is 30.2 Å². The van der Waals surface area contributed by atoms with Gasteiger partial charge in [0.1, 0.15) is 6.04 Å². The smallest absolute Gasteiger partial charge is 0.242 e. The molecule has 0 radical (unpaired) electrons. The van der Waals surface area contributed by atoms with Gasteiger partial charge in [-0.1, -0.05) is 23.2 Å². The Balaban J connectivity index is 1.90. The normalized spacial score (nSPS) is 19.6. The number of amides is 2. The Labute approximate surface area is 126 Å². The number of aliphatic hydroxyl groups excluding tert-OH is 1. The van der Waals surface area contributed by atoms with Crippen LogP contribution in [0.2, 0.25) is 10.0 Å². The number of hydrogen-bond donors (Lipinski definition) is 3. The minimum atomic E-state index is -0.910. The summed E-state index contributed by atoms with van der Waals surface area (Å²) in [5.41, 5.74) is 0.526. The molecule has 1 aromatic carbocycles. The predicted molar refractivity (Wildman–Crippen MR) is 75.6 cm³/mol. The fourth-order valence-electron chi connectivity index (χ4n) is 2.02. The third kappa shape index (κ3) is 3.85. The molecule has 1 aromatic rings. The van der Waals surface area contributed by atoms with Crippen molar-refractivity contribution < 1.29 is 14.7 Å². The number of carbonyl (C=O) groups is 2. The van der Waals surface area contributed by atoms with Crippen LogP contribution in [0.5, 0.6) is 0 Å². The molecule has 0 aliphatic carbocycles. The van der Waals surface area contributed by atoms with Gasteiger partial charge < -0.3 is 15.7 Å². The van der Waals surface area contributed by atoms with Crippen LogP contribution >= 0.6 is 23.2 Å². The van der Waals surface area contributed by atoms with Crippen molar-refractivity contribution in [1.82, 2.24) is 10.6 Å². The van der Waals surface area contributed by atoms with E-state index in [0.29, 0.717) is 28.5 Å². The van der Waals surface area contributed by atoms with Gasteiger partial charge in [-0.25, -0.2) is 0 Å². The third-order valence-corrected chi connectivity index (χ3v) is 3.49. The zero-order valence-corrected chi connectivity index (χ0v) is 12.0. The summed E-state index contributed by atoms with van der Waals surface area (Å²) in [5, 5.41) is 16.0. The first-order chi connectivity index (χ1) is 9.45. The lowest BCUT2D eigenvalue weighted by Crippen LogP contribution is -2.42. The molecule has 0 spiro atoms. The van der Waals surface area contributed by atoms with Gasteiger partial charge in [0.05, 0.1) is 6.10 Å². The maximum atomic E-state index is 11.8. The molecule has 7 heteroatoms. The Morgan fingerprint density at radius 1 is 1.40 bits per heavy atom. The lowest BCUT2D eigenvalue weighted by molar-refractivity contribution is -0.126. The average molecular weight is 317 g/mol. The topological polar surface area (TPSA) is 78.4 Å². The van der Waals surface area contributed by atoms with E-state index in [4.69, 9.17) is 23.2 Å². The second-order valence-corrected chi connectivity index (χ2v) is 5.50. The fraction of sp³-hybridized carbons (Fsp3) is 0.385. The van der Waals surface area contributed by atoms with E-state index in [1.54, 1.807) is 18.2 Å². The van der Waals surface area contributed by atoms with Gasteiger partial charge in [0.15, 0.2) is 0 Å². The number of nitrogens with one attached hydrogen (secondary N) is 2. The highest BCUT2D eigenvalue weighted by Crippen LogP contribution is 2.23. The van der Waals surface area contributed by atoms with E-state index in [-0.39, 0.29) is 18.4 Å². The molecule has 108 valence electrons. The summed E-state index contributed by atoms with van der Waals surface area (Å²) in [6.45, 7) is 0.0296. The van der Waals surface area contributed by atoms with Crippen LogP contribution in [0.1, 0.15) is 24.5 Å². The summed E-state index contributed by atoms with van der Waals surface area (Å²) in [6, 6.07) is 4.22. The molecule has 1 saturated heterocycles. The Morgan fingerprint density at radius 2 is 2.05 bits per heavy atom. The minimum absolute atomic E-state index is 0.0296. The van der Waals surface area contributed by atoms with E-state index in [9.17, 15) is 14.7 Å². The van der Waals surface area contributed by atoms with E-state index in [0.717, 1.165) is 0 Å². The molecule has 1 heterocycles. The Kier molecular flexibility index (Phi) is 4.86. The monoisotopic (exact) mass is 316 g/mol. The van der Waals surface area contributed by atoms with Crippen LogP contribution in [0, 0.1) is 0 Å². The summed E-state index contributed by atoms with van der Waals surface area (Å²) >= 11 is 11.7. The van der Waals surface area contributed by atoms with Crippen molar-refractivity contribution in [2.24, 2.45) is 0 Å². The van der Waals surface area contributed by atoms with Gasteiger partial charge in [-0.15, -0.1) is 0 Å². The van der Waals surface area contributed by atoms with Crippen molar-refractivity contribution in [3.8, 4) is 0 Å². The minimum Gasteiger partial charge on any atom is -0.387 e. The standard InChI is InChI=1S/C13H14Cl2N2O3/c14-8-3-7(4-9(15)5-8)11(18)6-16-13(20)10-1-2-12(19)17-10/h3-5,10-11,18H,1-2,6H2,(H,16,20)(H,17,19)/t10-,11+/m0/s1. The van der Waals surface area contributed by atoms with Crippen LogP contribution < -0.4 is 10.6 Å². The molecule has 0 bridgehead atoms. The molecule has 1 aliphatic rings. The molecule has 0 aromatic heterocycles. The molecule has 20 heavy (non-hydrogen) atoms. The Morgan fingerprint density at radius 3 is 2.60 bits per heavy atom. The molecule has 1 fully saturated rings. The summed E-state index contributed by atoms with van der Waals surface area (Å²) in [4.78, 5) is 22.8. The first-order valence-corrected chi connectivity index (χ1v) is 6.92. The Hall–Kier alpha value is -1.30. The maximum Gasteiger partial charge on any atom is 0.242 e. The van der Waals surface area contributed by atoms with Gasteiger partial charge in [0.2, 0.25) is 11.8 Å². The van der Waals surface area contributed by atoms with Crippen LogP contribution in [0.4, 0.5) is 0 Å². The lowest BCUT2D eigenvalue weighted by Gasteiger charge is -2.15. The number of halogens is 2. The largest absolute Gasteiger partial charge is 0.387 e. The van der Waals surface area contributed by atoms with Gasteiger partial charge in [-0.2, -0.15) is 0 Å². The molecule has 3 N–H and O–H groups in total.